The second-order valence-electron chi connectivity index (χ2n) is 4.03. The van der Waals surface area contributed by atoms with Gasteiger partial charge in [0.25, 0.3) is 0 Å². The van der Waals surface area contributed by atoms with Gasteiger partial charge in [0.05, 0.1) is 21.7 Å². The summed E-state index contributed by atoms with van der Waals surface area (Å²) >= 11 is 1.44. The van der Waals surface area contributed by atoms with Gasteiger partial charge in [-0.25, -0.2) is 9.38 Å². The van der Waals surface area contributed by atoms with E-state index in [0.717, 1.165) is 10.6 Å². The summed E-state index contributed by atoms with van der Waals surface area (Å²) in [7, 11) is 0. The lowest BCUT2D eigenvalue weighted by Gasteiger charge is -2.04. The third-order valence-corrected chi connectivity index (χ3v) is 3.95. The predicted molar refractivity (Wildman–Crippen MR) is 65.2 cm³/mol. The lowest BCUT2D eigenvalue weighted by molar-refractivity contribution is 0.104. The summed E-state index contributed by atoms with van der Waals surface area (Å²) in [4.78, 5) is 21.0. The quantitative estimate of drug-likeness (QED) is 0.607. The van der Waals surface area contributed by atoms with Crippen LogP contribution in [0.3, 0.4) is 0 Å². The molecule has 0 unspecified atom stereocenters. The highest BCUT2D eigenvalue weighted by Crippen LogP contribution is 2.38. The summed E-state index contributed by atoms with van der Waals surface area (Å²) < 4.78 is 14.1. The van der Waals surface area contributed by atoms with Crippen molar-refractivity contribution in [3.05, 3.63) is 51.9 Å². The molecule has 5 heteroatoms. The van der Waals surface area contributed by atoms with E-state index in [0.29, 0.717) is 16.3 Å². The fourth-order valence-electron chi connectivity index (χ4n) is 2.24. The van der Waals surface area contributed by atoms with Crippen molar-refractivity contribution in [1.82, 2.24) is 0 Å². The summed E-state index contributed by atoms with van der Waals surface area (Å²) in [6, 6.07) is 3.10. The molecule has 2 aliphatic heterocycles. The maximum absolute atomic E-state index is 14.1. The summed E-state index contributed by atoms with van der Waals surface area (Å²) in [5.41, 5.74) is 1.50. The molecule has 0 atom stereocenters. The molecule has 0 saturated heterocycles. The van der Waals surface area contributed by atoms with Gasteiger partial charge in [-0.1, -0.05) is 0 Å². The van der Waals surface area contributed by atoms with Crippen molar-refractivity contribution in [2.24, 2.45) is 9.98 Å². The third-order valence-electron chi connectivity index (χ3n) is 3.02. The highest BCUT2D eigenvalue weighted by atomic mass is 32.1. The first-order chi connectivity index (χ1) is 8.75. The van der Waals surface area contributed by atoms with Gasteiger partial charge in [-0.3, -0.25) is 9.79 Å². The molecule has 4 rings (SSSR count). The lowest BCUT2D eigenvalue weighted by Crippen LogP contribution is -2.33. The molecular formula is C13H5FN2OS. The number of allylic oxidation sites excluding steroid dienone is 1. The highest BCUT2D eigenvalue weighted by molar-refractivity contribution is 7.14. The Labute approximate surface area is 105 Å². The number of rotatable bonds is 0. The van der Waals surface area contributed by atoms with E-state index in [1.165, 1.54) is 29.7 Å². The van der Waals surface area contributed by atoms with E-state index in [1.807, 2.05) is 11.4 Å². The first-order valence-electron chi connectivity index (χ1n) is 5.33. The molecule has 2 aliphatic rings. The third kappa shape index (κ3) is 1.09. The number of halogens is 1. The number of nitrogens with zero attached hydrogens (tertiary/aromatic N) is 2. The number of carbonyl (C=O) groups excluding carboxylic acids is 1. The Kier molecular flexibility index (Phi) is 1.75. The first-order valence-corrected chi connectivity index (χ1v) is 6.21. The molecule has 0 amide bonds. The molecule has 0 saturated carbocycles. The molecule has 0 aliphatic carbocycles. The Balaban J connectivity index is 2.24. The lowest BCUT2D eigenvalue weighted by atomic mass is 10.0. The van der Waals surface area contributed by atoms with Crippen molar-refractivity contribution in [1.29, 1.82) is 0 Å². The molecule has 86 valence electrons. The fourth-order valence-corrected chi connectivity index (χ4v) is 3.12. The van der Waals surface area contributed by atoms with Gasteiger partial charge in [0.1, 0.15) is 16.5 Å². The predicted octanol–water partition coefficient (Wildman–Crippen LogP) is 2.15. The minimum absolute atomic E-state index is 0.229. The number of fused-ring (bicyclic) bond motifs is 5. The highest BCUT2D eigenvalue weighted by Gasteiger charge is 2.24. The first kappa shape index (κ1) is 9.85. The van der Waals surface area contributed by atoms with E-state index in [-0.39, 0.29) is 11.3 Å². The minimum Gasteiger partial charge on any atom is -0.289 e. The van der Waals surface area contributed by atoms with Crippen LogP contribution in [0.15, 0.2) is 39.8 Å². The van der Waals surface area contributed by atoms with Crippen molar-refractivity contribution in [2.45, 2.75) is 0 Å². The van der Waals surface area contributed by atoms with Crippen LogP contribution < -0.4 is 10.7 Å². The number of ketones is 1. The van der Waals surface area contributed by atoms with Crippen LogP contribution >= 0.6 is 11.3 Å². The van der Waals surface area contributed by atoms with E-state index in [2.05, 4.69) is 9.98 Å². The topological polar surface area (TPSA) is 41.8 Å². The molecule has 0 N–H and O–H groups in total. The summed E-state index contributed by atoms with van der Waals surface area (Å²) in [6.07, 6.45) is 2.77. The van der Waals surface area contributed by atoms with Crippen LogP contribution in [-0.4, -0.2) is 5.78 Å². The molecule has 1 aromatic heterocycles. The van der Waals surface area contributed by atoms with E-state index < -0.39 is 5.82 Å². The fraction of sp³-hybridized carbons (Fsp3) is 0. The zero-order valence-corrected chi connectivity index (χ0v) is 9.79. The van der Waals surface area contributed by atoms with Gasteiger partial charge in [0.2, 0.25) is 0 Å². The van der Waals surface area contributed by atoms with Crippen molar-refractivity contribution in [2.75, 3.05) is 0 Å². The van der Waals surface area contributed by atoms with Gasteiger partial charge in [0, 0.05) is 12.3 Å². The smallest absolute Gasteiger partial charge is 0.189 e. The Morgan fingerprint density at radius 3 is 3.06 bits per heavy atom. The summed E-state index contributed by atoms with van der Waals surface area (Å²) in [5.74, 6) is -0.639. The molecule has 18 heavy (non-hydrogen) atoms. The van der Waals surface area contributed by atoms with Crippen molar-refractivity contribution in [3.8, 4) is 10.4 Å². The van der Waals surface area contributed by atoms with Crippen LogP contribution in [0.4, 0.5) is 10.1 Å². The van der Waals surface area contributed by atoms with E-state index in [9.17, 15) is 9.18 Å². The summed E-state index contributed by atoms with van der Waals surface area (Å²) in [6.45, 7) is 0. The number of hydrogen-bond acceptors (Lipinski definition) is 4. The Morgan fingerprint density at radius 1 is 1.28 bits per heavy atom. The maximum Gasteiger partial charge on any atom is 0.189 e. The number of benzene rings is 1. The van der Waals surface area contributed by atoms with Gasteiger partial charge in [-0.05, 0) is 17.5 Å². The normalized spacial score (nSPS) is 14.6. The van der Waals surface area contributed by atoms with Crippen LogP contribution in [-0.2, 0) is 0 Å². The van der Waals surface area contributed by atoms with Crippen LogP contribution in [0.2, 0.25) is 0 Å². The number of thiophene rings is 1. The summed E-state index contributed by atoms with van der Waals surface area (Å²) in [5, 5.41) is 2.82. The zero-order chi connectivity index (χ0) is 12.3. The maximum atomic E-state index is 14.1. The Bertz CT molecular complexity index is 864. The molecule has 0 spiro atoms. The monoisotopic (exact) mass is 256 g/mol. The number of carbonyl (C=O) groups is 1. The van der Waals surface area contributed by atoms with Gasteiger partial charge in [0.15, 0.2) is 5.78 Å². The van der Waals surface area contributed by atoms with E-state index in [1.54, 1.807) is 0 Å². The SMILES string of the molecule is O=C1C=CN=c2c1cc(F)c1c2=Nc2ccsc2-1. The van der Waals surface area contributed by atoms with Crippen molar-refractivity contribution < 1.29 is 9.18 Å². The van der Waals surface area contributed by atoms with E-state index in [4.69, 9.17) is 0 Å². The molecule has 0 fully saturated rings. The Morgan fingerprint density at radius 2 is 2.17 bits per heavy atom. The van der Waals surface area contributed by atoms with Crippen LogP contribution in [0.5, 0.6) is 0 Å². The standard InChI is InChI=1S/C13H5FN2OS/c14-7-5-6-9(17)1-3-15-11(6)12-10(7)13-8(16-12)2-4-18-13/h1-5H. The number of hydrogen-bond donors (Lipinski definition) is 0. The molecule has 1 aromatic carbocycles. The van der Waals surface area contributed by atoms with Crippen molar-refractivity contribution >= 4 is 22.8 Å². The second-order valence-corrected chi connectivity index (χ2v) is 4.95. The van der Waals surface area contributed by atoms with Gasteiger partial charge >= 0.3 is 0 Å². The average Bonchev–Trinajstić information content (AvgIpc) is 2.90. The molecule has 2 aromatic rings. The van der Waals surface area contributed by atoms with Gasteiger partial charge < -0.3 is 0 Å². The molecule has 0 bridgehead atoms. The van der Waals surface area contributed by atoms with Crippen LogP contribution in [0.25, 0.3) is 10.4 Å². The molecule has 3 heterocycles. The molecular weight excluding hydrogens is 251 g/mol. The minimum atomic E-state index is -0.410. The van der Waals surface area contributed by atoms with Crippen LogP contribution in [0, 0.1) is 5.82 Å². The molecule has 0 radical (unpaired) electrons. The molecule has 3 nitrogen and oxygen atoms in total. The second kappa shape index (κ2) is 3.20. The Hall–Kier alpha value is -2.14. The van der Waals surface area contributed by atoms with Crippen LogP contribution in [0.1, 0.15) is 10.4 Å². The van der Waals surface area contributed by atoms with Gasteiger partial charge in [-0.15, -0.1) is 11.3 Å². The van der Waals surface area contributed by atoms with E-state index >= 15 is 0 Å². The van der Waals surface area contributed by atoms with Gasteiger partial charge in [-0.2, -0.15) is 0 Å². The van der Waals surface area contributed by atoms with Crippen molar-refractivity contribution in [3.63, 3.8) is 0 Å². The zero-order valence-electron chi connectivity index (χ0n) is 8.98. The average molecular weight is 256 g/mol. The largest absolute Gasteiger partial charge is 0.289 e.